The zero-order chi connectivity index (χ0) is 12.6. The van der Waals surface area contributed by atoms with Gasteiger partial charge in [0.05, 0.1) is 23.2 Å². The summed E-state index contributed by atoms with van der Waals surface area (Å²) in [7, 11) is 1.31. The third-order valence-corrected chi connectivity index (χ3v) is 2.89. The average molecular weight is 270 g/mol. The van der Waals surface area contributed by atoms with Crippen LogP contribution in [0.1, 0.15) is 16.1 Å². The van der Waals surface area contributed by atoms with E-state index in [9.17, 15) is 4.79 Å². The zero-order valence-corrected chi connectivity index (χ0v) is 10.8. The summed E-state index contributed by atoms with van der Waals surface area (Å²) in [5.74, 6) is -0.480. The van der Waals surface area contributed by atoms with Gasteiger partial charge < -0.3 is 4.74 Å². The van der Waals surface area contributed by atoms with Gasteiger partial charge in [0.25, 0.3) is 0 Å². The molecule has 88 valence electrons. The number of aryl methyl sites for hydroxylation is 1. The normalized spacial score (nSPS) is 10.6. The summed E-state index contributed by atoms with van der Waals surface area (Å²) < 4.78 is 4.70. The van der Waals surface area contributed by atoms with Crippen molar-refractivity contribution < 1.29 is 9.53 Å². The number of aromatic nitrogens is 1. The first-order valence-electron chi connectivity index (χ1n) is 4.87. The smallest absolute Gasteiger partial charge is 0.340 e. The molecule has 0 N–H and O–H groups in total. The third kappa shape index (κ3) is 2.21. The molecule has 0 fully saturated rings. The molecule has 1 heterocycles. The Kier molecular flexibility index (Phi) is 3.22. The van der Waals surface area contributed by atoms with E-state index in [4.69, 9.17) is 27.9 Å². The summed E-state index contributed by atoms with van der Waals surface area (Å²) in [5, 5.41) is 1.58. The lowest BCUT2D eigenvalue weighted by Gasteiger charge is -2.07. The van der Waals surface area contributed by atoms with Crippen LogP contribution in [0.25, 0.3) is 10.9 Å². The quantitative estimate of drug-likeness (QED) is 0.742. The molecule has 3 nitrogen and oxygen atoms in total. The van der Waals surface area contributed by atoms with Crippen molar-refractivity contribution in [1.29, 1.82) is 0 Å². The van der Waals surface area contributed by atoms with Crippen LogP contribution in [-0.2, 0) is 4.74 Å². The second-order valence-corrected chi connectivity index (χ2v) is 4.43. The van der Waals surface area contributed by atoms with Crippen LogP contribution in [-0.4, -0.2) is 18.1 Å². The molecule has 0 aliphatic rings. The molecule has 0 spiro atoms. The predicted octanol–water partition coefficient (Wildman–Crippen LogP) is 3.64. The molecular formula is C12H9Cl2NO2. The number of esters is 1. The third-order valence-electron chi connectivity index (χ3n) is 2.36. The fourth-order valence-electron chi connectivity index (χ4n) is 1.64. The molecule has 5 heteroatoms. The molecular weight excluding hydrogens is 261 g/mol. The first kappa shape index (κ1) is 12.1. The number of fused-ring (bicyclic) bond motifs is 1. The second kappa shape index (κ2) is 4.51. The van der Waals surface area contributed by atoms with Gasteiger partial charge in [-0.1, -0.05) is 23.2 Å². The van der Waals surface area contributed by atoms with Gasteiger partial charge in [-0.15, -0.1) is 0 Å². The van der Waals surface area contributed by atoms with E-state index in [1.807, 2.05) is 0 Å². The molecule has 2 rings (SSSR count). The number of benzene rings is 1. The van der Waals surface area contributed by atoms with E-state index in [2.05, 4.69) is 4.98 Å². The number of carbonyl (C=O) groups is 1. The van der Waals surface area contributed by atoms with Gasteiger partial charge >= 0.3 is 5.97 Å². The molecule has 0 atom stereocenters. The Morgan fingerprint density at radius 3 is 2.65 bits per heavy atom. The van der Waals surface area contributed by atoms with E-state index in [0.29, 0.717) is 26.5 Å². The summed E-state index contributed by atoms with van der Waals surface area (Å²) >= 11 is 12.0. The molecule has 0 amide bonds. The van der Waals surface area contributed by atoms with Crippen LogP contribution in [0.5, 0.6) is 0 Å². The van der Waals surface area contributed by atoms with Crippen LogP contribution in [0.3, 0.4) is 0 Å². The van der Waals surface area contributed by atoms with Crippen molar-refractivity contribution in [2.75, 3.05) is 7.11 Å². The summed E-state index contributed by atoms with van der Waals surface area (Å²) in [5.41, 5.74) is 1.56. The lowest BCUT2D eigenvalue weighted by molar-refractivity contribution is 0.0603. The maximum Gasteiger partial charge on any atom is 0.340 e. The number of rotatable bonds is 1. The molecule has 0 aliphatic heterocycles. The van der Waals surface area contributed by atoms with Gasteiger partial charge in [-0.2, -0.15) is 0 Å². The molecule has 0 saturated heterocycles. The molecule has 1 aromatic heterocycles. The van der Waals surface area contributed by atoms with Crippen LogP contribution in [0.15, 0.2) is 18.2 Å². The predicted molar refractivity (Wildman–Crippen MR) is 67.8 cm³/mol. The highest BCUT2D eigenvalue weighted by atomic mass is 35.5. The minimum Gasteiger partial charge on any atom is -0.465 e. The minimum atomic E-state index is -0.480. The van der Waals surface area contributed by atoms with E-state index in [0.717, 1.165) is 5.69 Å². The molecule has 0 saturated carbocycles. The number of nitrogens with zero attached hydrogens (tertiary/aromatic N) is 1. The number of halogens is 2. The van der Waals surface area contributed by atoms with E-state index < -0.39 is 5.97 Å². The van der Waals surface area contributed by atoms with E-state index >= 15 is 0 Å². The van der Waals surface area contributed by atoms with Gasteiger partial charge in [-0.3, -0.25) is 4.98 Å². The van der Waals surface area contributed by atoms with Crippen LogP contribution in [0.4, 0.5) is 0 Å². The van der Waals surface area contributed by atoms with Crippen LogP contribution >= 0.6 is 23.2 Å². The fourth-order valence-corrected chi connectivity index (χ4v) is 2.16. The van der Waals surface area contributed by atoms with Gasteiger partial charge in [0.1, 0.15) is 0 Å². The van der Waals surface area contributed by atoms with Crippen molar-refractivity contribution in [2.45, 2.75) is 6.92 Å². The minimum absolute atomic E-state index is 0.320. The largest absolute Gasteiger partial charge is 0.465 e. The second-order valence-electron chi connectivity index (χ2n) is 3.59. The van der Waals surface area contributed by atoms with E-state index in [1.54, 1.807) is 19.1 Å². The Hall–Kier alpha value is -1.32. The SMILES string of the molecule is COC(=O)c1cc(Cl)cc2c(Cl)cc(C)nc12. The van der Waals surface area contributed by atoms with Gasteiger partial charge in [-0.25, -0.2) is 4.79 Å². The van der Waals surface area contributed by atoms with Crippen LogP contribution < -0.4 is 0 Å². The number of pyridine rings is 1. The highest BCUT2D eigenvalue weighted by molar-refractivity contribution is 6.37. The lowest BCUT2D eigenvalue weighted by atomic mass is 10.1. The Morgan fingerprint density at radius 1 is 1.29 bits per heavy atom. The number of carbonyl (C=O) groups excluding carboxylic acids is 1. The number of methoxy groups -OCH3 is 1. The van der Waals surface area contributed by atoms with Gasteiger partial charge in [0.2, 0.25) is 0 Å². The highest BCUT2D eigenvalue weighted by Gasteiger charge is 2.15. The van der Waals surface area contributed by atoms with Crippen molar-refractivity contribution in [2.24, 2.45) is 0 Å². The summed E-state index contributed by atoms with van der Waals surface area (Å²) in [6.07, 6.45) is 0. The maximum atomic E-state index is 11.6. The van der Waals surface area contributed by atoms with Crippen molar-refractivity contribution in [3.8, 4) is 0 Å². The first-order chi connectivity index (χ1) is 8.02. The first-order valence-corrected chi connectivity index (χ1v) is 5.63. The summed E-state index contributed by atoms with van der Waals surface area (Å²) in [4.78, 5) is 15.9. The highest BCUT2D eigenvalue weighted by Crippen LogP contribution is 2.29. The van der Waals surface area contributed by atoms with Gasteiger partial charge in [0, 0.05) is 16.1 Å². The standard InChI is InChI=1S/C12H9Cl2NO2/c1-6-3-10(14)8-4-7(13)5-9(11(8)15-6)12(16)17-2/h3-5H,1-2H3. The number of hydrogen-bond acceptors (Lipinski definition) is 3. The number of ether oxygens (including phenoxy) is 1. The molecule has 0 radical (unpaired) electrons. The molecule has 2 aromatic rings. The maximum absolute atomic E-state index is 11.6. The van der Waals surface area contributed by atoms with Gasteiger partial charge in [0.15, 0.2) is 0 Å². The Balaban J connectivity index is 2.87. The van der Waals surface area contributed by atoms with Crippen molar-refractivity contribution in [3.05, 3.63) is 39.5 Å². The Morgan fingerprint density at radius 2 is 2.00 bits per heavy atom. The van der Waals surface area contributed by atoms with Crippen molar-refractivity contribution >= 4 is 40.1 Å². The molecule has 17 heavy (non-hydrogen) atoms. The van der Waals surface area contributed by atoms with Crippen LogP contribution in [0.2, 0.25) is 10.0 Å². The van der Waals surface area contributed by atoms with Crippen LogP contribution in [0, 0.1) is 6.92 Å². The molecule has 0 aliphatic carbocycles. The average Bonchev–Trinajstić information content (AvgIpc) is 2.28. The monoisotopic (exact) mass is 269 g/mol. The molecule has 1 aromatic carbocycles. The van der Waals surface area contributed by atoms with Crippen molar-refractivity contribution in [1.82, 2.24) is 4.98 Å². The van der Waals surface area contributed by atoms with Gasteiger partial charge in [-0.05, 0) is 25.1 Å². The summed E-state index contributed by atoms with van der Waals surface area (Å²) in [6, 6.07) is 4.93. The molecule has 0 unspecified atom stereocenters. The topological polar surface area (TPSA) is 39.2 Å². The fraction of sp³-hybridized carbons (Fsp3) is 0.167. The van der Waals surface area contributed by atoms with Crippen molar-refractivity contribution in [3.63, 3.8) is 0 Å². The van der Waals surface area contributed by atoms with E-state index in [-0.39, 0.29) is 0 Å². The lowest BCUT2D eigenvalue weighted by Crippen LogP contribution is -2.03. The molecule has 0 bridgehead atoms. The Bertz CT molecular complexity index is 611. The zero-order valence-electron chi connectivity index (χ0n) is 9.25. The summed E-state index contributed by atoms with van der Waals surface area (Å²) in [6.45, 7) is 1.81. The Labute approximate surface area is 108 Å². The number of hydrogen-bond donors (Lipinski definition) is 0. The van der Waals surface area contributed by atoms with E-state index in [1.165, 1.54) is 13.2 Å².